The van der Waals surface area contributed by atoms with Gasteiger partial charge in [-0.2, -0.15) is 0 Å². The van der Waals surface area contributed by atoms with Crippen molar-refractivity contribution < 1.29 is 9.53 Å². The van der Waals surface area contributed by atoms with Crippen molar-refractivity contribution in [3.05, 3.63) is 18.2 Å². The molecule has 6 heteroatoms. The van der Waals surface area contributed by atoms with Crippen LogP contribution in [0.2, 0.25) is 0 Å². The molecule has 1 amide bonds. The number of carbonyl (C=O) groups excluding carboxylic acids is 1. The van der Waals surface area contributed by atoms with Gasteiger partial charge in [0.2, 0.25) is 5.91 Å². The third-order valence-electron chi connectivity index (χ3n) is 2.47. The minimum Gasteiger partial charge on any atom is -0.383 e. The first kappa shape index (κ1) is 14.7. The van der Waals surface area contributed by atoms with Crippen LogP contribution in [0.4, 0.5) is 0 Å². The number of nitrogens with zero attached hydrogens (tertiary/aromatic N) is 2. The van der Waals surface area contributed by atoms with Crippen LogP contribution in [0.5, 0.6) is 0 Å². The van der Waals surface area contributed by atoms with Crippen LogP contribution in [0.15, 0.2) is 12.5 Å². The van der Waals surface area contributed by atoms with E-state index in [1.54, 1.807) is 19.6 Å². The van der Waals surface area contributed by atoms with Crippen molar-refractivity contribution in [2.45, 2.75) is 26.4 Å². The van der Waals surface area contributed by atoms with Crippen LogP contribution >= 0.6 is 0 Å². The summed E-state index contributed by atoms with van der Waals surface area (Å²) in [4.78, 5) is 15.7. The predicted octanol–water partition coefficient (Wildman–Crippen LogP) is 0.145. The van der Waals surface area contributed by atoms with Gasteiger partial charge in [0.1, 0.15) is 6.54 Å². The summed E-state index contributed by atoms with van der Waals surface area (Å²) in [7, 11) is 1.61. The van der Waals surface area contributed by atoms with Crippen LogP contribution in [0.25, 0.3) is 0 Å². The Morgan fingerprint density at radius 1 is 1.50 bits per heavy atom. The molecule has 0 fully saturated rings. The first-order chi connectivity index (χ1) is 8.77. The molecule has 1 heterocycles. The summed E-state index contributed by atoms with van der Waals surface area (Å²) >= 11 is 0. The van der Waals surface area contributed by atoms with Crippen molar-refractivity contribution >= 4 is 5.91 Å². The number of imidazole rings is 1. The van der Waals surface area contributed by atoms with E-state index in [1.807, 2.05) is 4.57 Å². The number of carbonyl (C=O) groups is 1. The average molecular weight is 254 g/mol. The Labute approximate surface area is 108 Å². The first-order valence-electron chi connectivity index (χ1n) is 6.23. The van der Waals surface area contributed by atoms with E-state index < -0.39 is 0 Å². The molecular weight excluding hydrogens is 232 g/mol. The largest absolute Gasteiger partial charge is 0.383 e. The molecule has 1 aromatic rings. The standard InChI is InChI=1S/C12H22N4O2/c1-3-4-13-7-11-8-14-10-16(11)9-12(17)15-5-6-18-2/h8,10,13H,3-7,9H2,1-2H3,(H,15,17). The van der Waals surface area contributed by atoms with Gasteiger partial charge in [-0.3, -0.25) is 4.79 Å². The number of amides is 1. The van der Waals surface area contributed by atoms with Gasteiger partial charge in [-0.1, -0.05) is 6.92 Å². The molecule has 0 saturated carbocycles. The Kier molecular flexibility index (Phi) is 7.05. The molecule has 102 valence electrons. The van der Waals surface area contributed by atoms with Crippen molar-refractivity contribution in [2.75, 3.05) is 26.8 Å². The number of ether oxygens (including phenoxy) is 1. The summed E-state index contributed by atoms with van der Waals surface area (Å²) < 4.78 is 6.72. The van der Waals surface area contributed by atoms with Gasteiger partial charge in [-0.05, 0) is 13.0 Å². The molecule has 0 aromatic carbocycles. The Morgan fingerprint density at radius 3 is 3.06 bits per heavy atom. The summed E-state index contributed by atoms with van der Waals surface area (Å²) in [5.74, 6) is -0.0261. The van der Waals surface area contributed by atoms with Gasteiger partial charge >= 0.3 is 0 Å². The lowest BCUT2D eigenvalue weighted by molar-refractivity contribution is -0.121. The van der Waals surface area contributed by atoms with E-state index in [0.29, 0.717) is 19.7 Å². The molecule has 0 atom stereocenters. The van der Waals surface area contributed by atoms with Gasteiger partial charge in [-0.15, -0.1) is 0 Å². The molecule has 0 unspecified atom stereocenters. The average Bonchev–Trinajstić information content (AvgIpc) is 2.77. The number of hydrogen-bond acceptors (Lipinski definition) is 4. The molecule has 6 nitrogen and oxygen atoms in total. The van der Waals surface area contributed by atoms with E-state index in [4.69, 9.17) is 4.74 Å². The minimum atomic E-state index is -0.0261. The molecule has 0 saturated heterocycles. The van der Waals surface area contributed by atoms with Crippen LogP contribution in [0.1, 0.15) is 19.0 Å². The Hall–Kier alpha value is -1.40. The highest BCUT2D eigenvalue weighted by Gasteiger charge is 2.06. The molecule has 0 spiro atoms. The SMILES string of the molecule is CCCNCc1cncn1CC(=O)NCCOC. The number of rotatable bonds is 9. The van der Waals surface area contributed by atoms with E-state index in [-0.39, 0.29) is 5.91 Å². The van der Waals surface area contributed by atoms with E-state index in [9.17, 15) is 4.79 Å². The van der Waals surface area contributed by atoms with Gasteiger partial charge in [0.15, 0.2) is 0 Å². The van der Waals surface area contributed by atoms with Crippen molar-refractivity contribution in [3.63, 3.8) is 0 Å². The van der Waals surface area contributed by atoms with Crippen LogP contribution in [0.3, 0.4) is 0 Å². The Balaban J connectivity index is 2.36. The normalized spacial score (nSPS) is 10.6. The fourth-order valence-electron chi connectivity index (χ4n) is 1.53. The van der Waals surface area contributed by atoms with Crippen LogP contribution in [-0.4, -0.2) is 42.3 Å². The molecule has 0 radical (unpaired) electrons. The van der Waals surface area contributed by atoms with Gasteiger partial charge in [0, 0.05) is 26.4 Å². The number of aromatic nitrogens is 2. The van der Waals surface area contributed by atoms with Crippen LogP contribution < -0.4 is 10.6 Å². The maximum atomic E-state index is 11.6. The smallest absolute Gasteiger partial charge is 0.240 e. The van der Waals surface area contributed by atoms with E-state index in [1.165, 1.54) is 0 Å². The highest BCUT2D eigenvalue weighted by molar-refractivity contribution is 5.75. The fraction of sp³-hybridized carbons (Fsp3) is 0.667. The lowest BCUT2D eigenvalue weighted by Gasteiger charge is -2.09. The summed E-state index contributed by atoms with van der Waals surface area (Å²) in [5.41, 5.74) is 1.02. The van der Waals surface area contributed by atoms with E-state index in [0.717, 1.165) is 25.2 Å². The van der Waals surface area contributed by atoms with Crippen molar-refractivity contribution in [3.8, 4) is 0 Å². The quantitative estimate of drug-likeness (QED) is 0.615. The van der Waals surface area contributed by atoms with Gasteiger partial charge in [-0.25, -0.2) is 4.98 Å². The third kappa shape index (κ3) is 5.29. The Morgan fingerprint density at radius 2 is 2.33 bits per heavy atom. The molecule has 18 heavy (non-hydrogen) atoms. The molecule has 0 aliphatic rings. The van der Waals surface area contributed by atoms with E-state index in [2.05, 4.69) is 22.5 Å². The molecule has 1 aromatic heterocycles. The summed E-state index contributed by atoms with van der Waals surface area (Å²) in [5, 5.41) is 6.07. The summed E-state index contributed by atoms with van der Waals surface area (Å²) in [6.45, 7) is 5.18. The lowest BCUT2D eigenvalue weighted by atomic mass is 10.4. The highest BCUT2D eigenvalue weighted by Crippen LogP contribution is 1.98. The topological polar surface area (TPSA) is 68.2 Å². The second kappa shape index (κ2) is 8.66. The van der Waals surface area contributed by atoms with Crippen molar-refractivity contribution in [2.24, 2.45) is 0 Å². The molecule has 1 rings (SSSR count). The number of nitrogens with one attached hydrogen (secondary N) is 2. The number of hydrogen-bond donors (Lipinski definition) is 2. The van der Waals surface area contributed by atoms with Gasteiger partial charge in [0.25, 0.3) is 0 Å². The molecule has 0 aliphatic heterocycles. The predicted molar refractivity (Wildman–Crippen MR) is 69.1 cm³/mol. The highest BCUT2D eigenvalue weighted by atomic mass is 16.5. The second-order valence-electron chi connectivity index (χ2n) is 4.03. The zero-order valence-electron chi connectivity index (χ0n) is 11.1. The van der Waals surface area contributed by atoms with Crippen molar-refractivity contribution in [1.29, 1.82) is 0 Å². The second-order valence-corrected chi connectivity index (χ2v) is 4.03. The van der Waals surface area contributed by atoms with Gasteiger partial charge < -0.3 is 19.9 Å². The summed E-state index contributed by atoms with van der Waals surface area (Å²) in [6, 6.07) is 0. The third-order valence-corrected chi connectivity index (χ3v) is 2.47. The number of methoxy groups -OCH3 is 1. The molecule has 0 bridgehead atoms. The Bertz CT molecular complexity index is 352. The first-order valence-corrected chi connectivity index (χ1v) is 6.23. The minimum absolute atomic E-state index is 0.0261. The molecule has 0 aliphatic carbocycles. The lowest BCUT2D eigenvalue weighted by Crippen LogP contribution is -2.31. The molecule has 2 N–H and O–H groups in total. The monoisotopic (exact) mass is 254 g/mol. The van der Waals surface area contributed by atoms with Crippen molar-refractivity contribution in [1.82, 2.24) is 20.2 Å². The van der Waals surface area contributed by atoms with E-state index >= 15 is 0 Å². The fourth-order valence-corrected chi connectivity index (χ4v) is 1.53. The summed E-state index contributed by atoms with van der Waals surface area (Å²) in [6.07, 6.45) is 4.55. The maximum Gasteiger partial charge on any atom is 0.240 e. The maximum absolute atomic E-state index is 11.6. The van der Waals surface area contributed by atoms with Gasteiger partial charge in [0.05, 0.1) is 18.6 Å². The van der Waals surface area contributed by atoms with Crippen LogP contribution in [-0.2, 0) is 22.6 Å². The zero-order valence-corrected chi connectivity index (χ0v) is 11.1. The zero-order chi connectivity index (χ0) is 13.2. The van der Waals surface area contributed by atoms with Crippen LogP contribution in [0, 0.1) is 0 Å². The molecular formula is C12H22N4O2.